The van der Waals surface area contributed by atoms with Gasteiger partial charge in [-0.3, -0.25) is 0 Å². The summed E-state index contributed by atoms with van der Waals surface area (Å²) >= 11 is 0. The fourth-order valence-electron chi connectivity index (χ4n) is 2.18. The van der Waals surface area contributed by atoms with Crippen molar-refractivity contribution in [3.63, 3.8) is 0 Å². The zero-order valence-electron chi connectivity index (χ0n) is 9.92. The summed E-state index contributed by atoms with van der Waals surface area (Å²) in [5.74, 6) is 1.63. The molecule has 2 rings (SSSR count). The Labute approximate surface area is 91.6 Å². The normalized spacial score (nSPS) is 22.3. The molecule has 0 saturated heterocycles. The highest BCUT2D eigenvalue weighted by molar-refractivity contribution is 5.57. The highest BCUT2D eigenvalue weighted by Gasteiger charge is 2.47. The van der Waals surface area contributed by atoms with E-state index in [2.05, 4.69) is 31.3 Å². The zero-order valence-corrected chi connectivity index (χ0v) is 9.92. The van der Waals surface area contributed by atoms with Gasteiger partial charge in [0.15, 0.2) is 0 Å². The second-order valence-electron chi connectivity index (χ2n) is 4.95. The largest absolute Gasteiger partial charge is 0.497 e. The highest BCUT2D eigenvalue weighted by Crippen LogP contribution is 2.60. The molecule has 0 radical (unpaired) electrons. The molecular formula is C13H19NO. The van der Waals surface area contributed by atoms with E-state index in [-0.39, 0.29) is 0 Å². The molecule has 1 aliphatic carbocycles. The summed E-state index contributed by atoms with van der Waals surface area (Å²) in [5, 5.41) is 3.25. The van der Waals surface area contributed by atoms with Crippen molar-refractivity contribution in [1.29, 1.82) is 0 Å². The van der Waals surface area contributed by atoms with Gasteiger partial charge in [0, 0.05) is 12.7 Å². The lowest BCUT2D eigenvalue weighted by Crippen LogP contribution is -1.98. The van der Waals surface area contributed by atoms with Crippen LogP contribution in [0.4, 0.5) is 5.69 Å². The Morgan fingerprint density at radius 2 is 2.07 bits per heavy atom. The van der Waals surface area contributed by atoms with Crippen LogP contribution < -0.4 is 10.1 Å². The van der Waals surface area contributed by atoms with Gasteiger partial charge in [0.05, 0.1) is 7.11 Å². The predicted molar refractivity (Wildman–Crippen MR) is 63.7 cm³/mol. The molecule has 1 atom stereocenters. The molecule has 0 bridgehead atoms. The molecule has 1 N–H and O–H groups in total. The topological polar surface area (TPSA) is 21.3 Å². The summed E-state index contributed by atoms with van der Waals surface area (Å²) in [6.07, 6.45) is 1.27. The van der Waals surface area contributed by atoms with E-state index in [0.717, 1.165) is 5.75 Å². The van der Waals surface area contributed by atoms with Crippen LogP contribution in [0, 0.1) is 5.41 Å². The Balaban J connectivity index is 2.35. The van der Waals surface area contributed by atoms with Crippen LogP contribution in [0.3, 0.4) is 0 Å². The third-order valence-corrected chi connectivity index (χ3v) is 3.42. The molecule has 0 aliphatic heterocycles. The standard InChI is InChI=1S/C13H19NO/c1-13(2)8-11(13)10-7-9(15-4)5-6-12(10)14-3/h5-7,11,14H,8H2,1-4H3/t11-/m0/s1. The van der Waals surface area contributed by atoms with Crippen molar-refractivity contribution in [1.82, 2.24) is 0 Å². The Kier molecular flexibility index (Phi) is 2.37. The van der Waals surface area contributed by atoms with Crippen molar-refractivity contribution in [2.45, 2.75) is 26.2 Å². The van der Waals surface area contributed by atoms with Crippen LogP contribution in [-0.2, 0) is 0 Å². The van der Waals surface area contributed by atoms with Crippen LogP contribution in [0.2, 0.25) is 0 Å². The Bertz CT molecular complexity index is 371. The molecule has 82 valence electrons. The van der Waals surface area contributed by atoms with E-state index in [4.69, 9.17) is 4.74 Å². The van der Waals surface area contributed by atoms with Gasteiger partial charge in [0.2, 0.25) is 0 Å². The smallest absolute Gasteiger partial charge is 0.119 e. The SMILES string of the molecule is CNc1ccc(OC)cc1[C@@H]1CC1(C)C. The Morgan fingerprint density at radius 3 is 2.53 bits per heavy atom. The van der Waals surface area contributed by atoms with Gasteiger partial charge in [0.25, 0.3) is 0 Å². The molecule has 0 spiro atoms. The van der Waals surface area contributed by atoms with E-state index in [1.165, 1.54) is 17.7 Å². The third kappa shape index (κ3) is 1.81. The van der Waals surface area contributed by atoms with Crippen molar-refractivity contribution >= 4 is 5.69 Å². The van der Waals surface area contributed by atoms with Crippen LogP contribution in [0.1, 0.15) is 31.7 Å². The van der Waals surface area contributed by atoms with Crippen LogP contribution in [0.15, 0.2) is 18.2 Å². The van der Waals surface area contributed by atoms with Gasteiger partial charge in [0.1, 0.15) is 5.75 Å². The first-order valence-electron chi connectivity index (χ1n) is 5.44. The number of anilines is 1. The molecule has 0 amide bonds. The van der Waals surface area contributed by atoms with Gasteiger partial charge in [-0.1, -0.05) is 13.8 Å². The van der Waals surface area contributed by atoms with Gasteiger partial charge >= 0.3 is 0 Å². The second-order valence-corrected chi connectivity index (χ2v) is 4.95. The van der Waals surface area contributed by atoms with E-state index in [0.29, 0.717) is 11.3 Å². The minimum absolute atomic E-state index is 0.456. The summed E-state index contributed by atoms with van der Waals surface area (Å²) in [5.41, 5.74) is 3.08. The van der Waals surface area contributed by atoms with Crippen molar-refractivity contribution in [3.8, 4) is 5.75 Å². The molecule has 1 aromatic rings. The molecule has 1 fully saturated rings. The molecule has 1 aliphatic rings. The van der Waals surface area contributed by atoms with E-state index in [1.807, 2.05) is 13.1 Å². The van der Waals surface area contributed by atoms with Crippen LogP contribution in [-0.4, -0.2) is 14.2 Å². The number of hydrogen-bond acceptors (Lipinski definition) is 2. The number of benzene rings is 1. The molecule has 15 heavy (non-hydrogen) atoms. The summed E-state index contributed by atoms with van der Waals surface area (Å²) in [4.78, 5) is 0. The fourth-order valence-corrected chi connectivity index (χ4v) is 2.18. The fraction of sp³-hybridized carbons (Fsp3) is 0.538. The number of rotatable bonds is 3. The zero-order chi connectivity index (χ0) is 11.1. The molecule has 1 saturated carbocycles. The highest BCUT2D eigenvalue weighted by atomic mass is 16.5. The first-order chi connectivity index (χ1) is 7.08. The maximum absolute atomic E-state index is 5.27. The Morgan fingerprint density at radius 1 is 1.40 bits per heavy atom. The van der Waals surface area contributed by atoms with Gasteiger partial charge < -0.3 is 10.1 Å². The first kappa shape index (κ1) is 10.3. The predicted octanol–water partition coefficient (Wildman–Crippen LogP) is 3.25. The molecule has 2 heteroatoms. The minimum atomic E-state index is 0.456. The van der Waals surface area contributed by atoms with Gasteiger partial charge in [-0.2, -0.15) is 0 Å². The summed E-state index contributed by atoms with van der Waals surface area (Å²) in [7, 11) is 3.69. The van der Waals surface area contributed by atoms with Crippen LogP contribution in [0.25, 0.3) is 0 Å². The lowest BCUT2D eigenvalue weighted by molar-refractivity contribution is 0.414. The number of nitrogens with one attached hydrogen (secondary N) is 1. The van der Waals surface area contributed by atoms with E-state index >= 15 is 0 Å². The number of methoxy groups -OCH3 is 1. The summed E-state index contributed by atoms with van der Waals surface area (Å²) in [6.45, 7) is 4.63. The molecule has 0 unspecified atom stereocenters. The maximum Gasteiger partial charge on any atom is 0.119 e. The van der Waals surface area contributed by atoms with Gasteiger partial charge in [-0.25, -0.2) is 0 Å². The van der Waals surface area contributed by atoms with Crippen molar-refractivity contribution < 1.29 is 4.74 Å². The average molecular weight is 205 g/mol. The van der Waals surface area contributed by atoms with Crippen molar-refractivity contribution in [2.24, 2.45) is 5.41 Å². The van der Waals surface area contributed by atoms with Gasteiger partial charge in [-0.05, 0) is 41.5 Å². The summed E-state index contributed by atoms with van der Waals surface area (Å²) in [6, 6.07) is 6.26. The van der Waals surface area contributed by atoms with Crippen molar-refractivity contribution in [3.05, 3.63) is 23.8 Å². The maximum atomic E-state index is 5.27. The Hall–Kier alpha value is -1.18. The molecular weight excluding hydrogens is 186 g/mol. The van der Waals surface area contributed by atoms with Crippen molar-refractivity contribution in [2.75, 3.05) is 19.5 Å². The monoisotopic (exact) mass is 205 g/mol. The van der Waals surface area contributed by atoms with E-state index < -0.39 is 0 Å². The van der Waals surface area contributed by atoms with E-state index in [9.17, 15) is 0 Å². The molecule has 0 aromatic heterocycles. The average Bonchev–Trinajstić information content (AvgIpc) is 2.86. The second kappa shape index (κ2) is 3.44. The molecule has 0 heterocycles. The summed E-state index contributed by atoms with van der Waals surface area (Å²) < 4.78 is 5.27. The first-order valence-corrected chi connectivity index (χ1v) is 5.44. The van der Waals surface area contributed by atoms with Crippen LogP contribution >= 0.6 is 0 Å². The molecule has 2 nitrogen and oxygen atoms in total. The van der Waals surface area contributed by atoms with E-state index in [1.54, 1.807) is 7.11 Å². The number of hydrogen-bond donors (Lipinski definition) is 1. The quantitative estimate of drug-likeness (QED) is 0.817. The third-order valence-electron chi connectivity index (χ3n) is 3.42. The molecule has 1 aromatic carbocycles. The lowest BCUT2D eigenvalue weighted by atomic mass is 10.0. The lowest BCUT2D eigenvalue weighted by Gasteiger charge is -2.12. The van der Waals surface area contributed by atoms with Crippen LogP contribution in [0.5, 0.6) is 5.75 Å². The number of ether oxygens (including phenoxy) is 1. The van der Waals surface area contributed by atoms with Gasteiger partial charge in [-0.15, -0.1) is 0 Å². The minimum Gasteiger partial charge on any atom is -0.497 e.